The number of ether oxygens (including phenoxy) is 1. The van der Waals surface area contributed by atoms with Crippen molar-refractivity contribution in [2.24, 2.45) is 0 Å². The second-order valence-corrected chi connectivity index (χ2v) is 3.50. The summed E-state index contributed by atoms with van der Waals surface area (Å²) in [6, 6.07) is 1.74. The van der Waals surface area contributed by atoms with Gasteiger partial charge in [0.05, 0.1) is 5.56 Å². The monoisotopic (exact) mass is 276 g/mol. The number of hydrogen-bond donors (Lipinski definition) is 0. The lowest BCUT2D eigenvalue weighted by molar-refractivity contribution is -0.253. The van der Waals surface area contributed by atoms with E-state index in [0.29, 0.717) is 6.07 Å². The summed E-state index contributed by atoms with van der Waals surface area (Å²) < 4.78 is 89.4. The first-order chi connectivity index (χ1) is 8.02. The molecule has 1 rings (SSSR count). The summed E-state index contributed by atoms with van der Waals surface area (Å²) >= 11 is 0. The fraction of sp³-hybridized carbons (Fsp3) is 0.400. The molecule has 0 heterocycles. The molecule has 0 bridgehead atoms. The summed E-state index contributed by atoms with van der Waals surface area (Å²) in [7, 11) is 0. The maximum Gasteiger partial charge on any atom is 0.461 e. The van der Waals surface area contributed by atoms with E-state index in [-0.39, 0.29) is 11.6 Å². The number of halogens is 7. The third-order valence-corrected chi connectivity index (χ3v) is 1.89. The zero-order valence-corrected chi connectivity index (χ0v) is 8.86. The summed E-state index contributed by atoms with van der Waals surface area (Å²) in [6.45, 7) is 1.20. The van der Waals surface area contributed by atoms with Crippen molar-refractivity contribution in [1.29, 1.82) is 0 Å². The lowest BCUT2D eigenvalue weighted by Crippen LogP contribution is -2.33. The van der Waals surface area contributed by atoms with E-state index in [2.05, 4.69) is 4.74 Å². The number of rotatable bonds is 3. The van der Waals surface area contributed by atoms with Gasteiger partial charge in [-0.2, -0.15) is 30.7 Å². The normalized spacial score (nSPS) is 12.9. The van der Waals surface area contributed by atoms with Crippen molar-refractivity contribution in [1.82, 2.24) is 0 Å². The molecule has 0 atom stereocenters. The average Bonchev–Trinajstić information content (AvgIpc) is 2.13. The average molecular weight is 276 g/mol. The number of benzene rings is 1. The summed E-state index contributed by atoms with van der Waals surface area (Å²) in [5.41, 5.74) is -1.28. The minimum atomic E-state index is -4.84. The quantitative estimate of drug-likeness (QED) is 0.750. The third kappa shape index (κ3) is 3.51. The van der Waals surface area contributed by atoms with Crippen LogP contribution in [0.4, 0.5) is 30.7 Å². The molecule has 0 saturated carbocycles. The largest absolute Gasteiger partial charge is 0.461 e. The summed E-state index contributed by atoms with van der Waals surface area (Å²) in [4.78, 5) is 0. The van der Waals surface area contributed by atoms with Gasteiger partial charge >= 0.3 is 18.7 Å². The van der Waals surface area contributed by atoms with Gasteiger partial charge in [-0.1, -0.05) is 0 Å². The molecule has 102 valence electrons. The molecule has 0 spiro atoms. The SMILES string of the molecule is Cc1cc(OC(F)(F)C(F)F)cc(C(F)(F)F)c1. The van der Waals surface area contributed by atoms with Crippen LogP contribution in [-0.4, -0.2) is 12.5 Å². The molecular weight excluding hydrogens is 269 g/mol. The van der Waals surface area contributed by atoms with Crippen LogP contribution in [-0.2, 0) is 6.18 Å². The van der Waals surface area contributed by atoms with Crippen molar-refractivity contribution in [2.45, 2.75) is 25.6 Å². The molecule has 18 heavy (non-hydrogen) atoms. The van der Waals surface area contributed by atoms with Gasteiger partial charge in [0.2, 0.25) is 0 Å². The Morgan fingerprint density at radius 1 is 1.00 bits per heavy atom. The van der Waals surface area contributed by atoms with Gasteiger partial charge in [0.1, 0.15) is 5.75 Å². The fourth-order valence-electron chi connectivity index (χ4n) is 1.17. The van der Waals surface area contributed by atoms with Gasteiger partial charge in [0, 0.05) is 0 Å². The standard InChI is InChI=1S/C10H7F7O/c1-5-2-6(9(13,14)15)4-7(3-5)18-10(16,17)8(11)12/h2-4,8H,1H3. The second kappa shape index (κ2) is 4.66. The van der Waals surface area contributed by atoms with E-state index in [1.165, 1.54) is 6.92 Å². The highest BCUT2D eigenvalue weighted by Gasteiger charge is 2.44. The highest BCUT2D eigenvalue weighted by atomic mass is 19.4. The van der Waals surface area contributed by atoms with Gasteiger partial charge in [-0.05, 0) is 30.7 Å². The first-order valence-electron chi connectivity index (χ1n) is 4.56. The van der Waals surface area contributed by atoms with E-state index in [1.807, 2.05) is 0 Å². The van der Waals surface area contributed by atoms with E-state index >= 15 is 0 Å². The molecule has 0 amide bonds. The highest BCUT2D eigenvalue weighted by molar-refractivity contribution is 5.35. The van der Waals surface area contributed by atoms with Gasteiger partial charge < -0.3 is 4.74 Å². The molecule has 0 N–H and O–H groups in total. The minimum Gasteiger partial charge on any atom is -0.428 e. The molecule has 0 fully saturated rings. The van der Waals surface area contributed by atoms with Gasteiger partial charge in [-0.25, -0.2) is 0 Å². The van der Waals surface area contributed by atoms with E-state index in [0.717, 1.165) is 6.07 Å². The van der Waals surface area contributed by atoms with Crippen LogP contribution in [0.3, 0.4) is 0 Å². The lowest BCUT2D eigenvalue weighted by Gasteiger charge is -2.18. The second-order valence-electron chi connectivity index (χ2n) is 3.50. The molecule has 0 aromatic heterocycles. The highest BCUT2D eigenvalue weighted by Crippen LogP contribution is 2.35. The van der Waals surface area contributed by atoms with Crippen LogP contribution in [0, 0.1) is 6.92 Å². The van der Waals surface area contributed by atoms with Gasteiger partial charge in [-0.15, -0.1) is 0 Å². The van der Waals surface area contributed by atoms with Crippen molar-refractivity contribution >= 4 is 0 Å². The zero-order chi connectivity index (χ0) is 14.1. The van der Waals surface area contributed by atoms with Crippen LogP contribution in [0.15, 0.2) is 18.2 Å². The summed E-state index contributed by atoms with van der Waals surface area (Å²) in [5.74, 6) is -0.965. The van der Waals surface area contributed by atoms with E-state index in [4.69, 9.17) is 0 Å². The molecule has 1 aromatic rings. The molecule has 0 aliphatic rings. The van der Waals surface area contributed by atoms with E-state index in [9.17, 15) is 30.7 Å². The number of alkyl halides is 7. The predicted molar refractivity (Wildman–Crippen MR) is 47.8 cm³/mol. The Morgan fingerprint density at radius 3 is 2.00 bits per heavy atom. The molecular formula is C10H7F7O. The van der Waals surface area contributed by atoms with Crippen molar-refractivity contribution < 1.29 is 35.5 Å². The lowest BCUT2D eigenvalue weighted by atomic mass is 10.1. The van der Waals surface area contributed by atoms with Crippen LogP contribution < -0.4 is 4.74 Å². The van der Waals surface area contributed by atoms with Crippen molar-refractivity contribution in [3.05, 3.63) is 29.3 Å². The summed E-state index contributed by atoms with van der Waals surface area (Å²) in [6.07, 6.45) is -13.7. The first kappa shape index (κ1) is 14.6. The molecule has 0 aliphatic heterocycles. The Kier molecular flexibility index (Phi) is 3.78. The third-order valence-electron chi connectivity index (χ3n) is 1.89. The van der Waals surface area contributed by atoms with Crippen LogP contribution >= 0.6 is 0 Å². The molecule has 0 aliphatic carbocycles. The zero-order valence-electron chi connectivity index (χ0n) is 8.86. The predicted octanol–water partition coefficient (Wildman–Crippen LogP) is 4.25. The number of aryl methyl sites for hydroxylation is 1. The fourth-order valence-corrected chi connectivity index (χ4v) is 1.17. The van der Waals surface area contributed by atoms with Gasteiger partial charge in [0.25, 0.3) is 0 Å². The molecule has 0 radical (unpaired) electrons. The molecule has 0 saturated heterocycles. The molecule has 8 heteroatoms. The summed E-state index contributed by atoms with van der Waals surface area (Å²) in [5, 5.41) is 0. The molecule has 0 unspecified atom stereocenters. The van der Waals surface area contributed by atoms with E-state index in [1.54, 1.807) is 0 Å². The van der Waals surface area contributed by atoms with Gasteiger partial charge in [0.15, 0.2) is 0 Å². The smallest absolute Gasteiger partial charge is 0.428 e. The Morgan fingerprint density at radius 2 is 1.56 bits per heavy atom. The Balaban J connectivity index is 3.08. The molecule has 1 nitrogen and oxygen atoms in total. The Hall–Kier alpha value is -1.47. The van der Waals surface area contributed by atoms with Crippen molar-refractivity contribution in [2.75, 3.05) is 0 Å². The van der Waals surface area contributed by atoms with Crippen LogP contribution in [0.2, 0.25) is 0 Å². The topological polar surface area (TPSA) is 9.23 Å². The maximum atomic E-state index is 12.5. The van der Waals surface area contributed by atoms with Crippen LogP contribution in [0.1, 0.15) is 11.1 Å². The Bertz CT molecular complexity index is 425. The van der Waals surface area contributed by atoms with Gasteiger partial charge in [-0.3, -0.25) is 0 Å². The first-order valence-corrected chi connectivity index (χ1v) is 4.56. The van der Waals surface area contributed by atoms with Crippen LogP contribution in [0.5, 0.6) is 5.75 Å². The van der Waals surface area contributed by atoms with Crippen molar-refractivity contribution in [3.8, 4) is 5.75 Å². The maximum absolute atomic E-state index is 12.5. The minimum absolute atomic E-state index is 0.0371. The van der Waals surface area contributed by atoms with E-state index < -0.39 is 30.0 Å². The molecule has 1 aromatic carbocycles. The Labute approximate surface area is 97.2 Å². The van der Waals surface area contributed by atoms with Crippen molar-refractivity contribution in [3.63, 3.8) is 0 Å². The number of hydrogen-bond acceptors (Lipinski definition) is 1. The van der Waals surface area contributed by atoms with Crippen LogP contribution in [0.25, 0.3) is 0 Å².